The third kappa shape index (κ3) is 4.77. The number of rotatable bonds is 4. The maximum Gasteiger partial charge on any atom is 0.311 e. The van der Waals surface area contributed by atoms with E-state index in [0.29, 0.717) is 26.0 Å². The Bertz CT molecular complexity index is 562. The molecule has 1 aromatic heterocycles. The van der Waals surface area contributed by atoms with Crippen LogP contribution in [-0.2, 0) is 25.7 Å². The first-order valence-electron chi connectivity index (χ1n) is 7.74. The Morgan fingerprint density at radius 1 is 1.43 bits per heavy atom. The number of carbonyl (C=O) groups excluding carboxylic acids is 3. The smallest absolute Gasteiger partial charge is 0.311 e. The fourth-order valence-electron chi connectivity index (χ4n) is 2.52. The van der Waals surface area contributed by atoms with Crippen molar-refractivity contribution in [3.05, 3.63) is 30.1 Å². The van der Waals surface area contributed by atoms with Crippen molar-refractivity contribution in [3.8, 4) is 0 Å². The van der Waals surface area contributed by atoms with E-state index in [1.807, 2.05) is 6.07 Å². The predicted molar refractivity (Wildman–Crippen MR) is 82.0 cm³/mol. The highest BCUT2D eigenvalue weighted by atomic mass is 16.5. The summed E-state index contributed by atoms with van der Waals surface area (Å²) >= 11 is 0. The Hall–Kier alpha value is -2.44. The van der Waals surface area contributed by atoms with Crippen LogP contribution in [0.15, 0.2) is 24.5 Å². The summed E-state index contributed by atoms with van der Waals surface area (Å²) in [5, 5.41) is 2.58. The van der Waals surface area contributed by atoms with E-state index >= 15 is 0 Å². The van der Waals surface area contributed by atoms with Gasteiger partial charge in [-0.05, 0) is 31.4 Å². The molecule has 1 aliphatic heterocycles. The zero-order valence-corrected chi connectivity index (χ0v) is 13.2. The van der Waals surface area contributed by atoms with Gasteiger partial charge in [0.25, 0.3) is 0 Å². The Kier molecular flexibility index (Phi) is 6.08. The minimum atomic E-state index is -0.668. The van der Waals surface area contributed by atoms with Crippen LogP contribution in [0.1, 0.15) is 25.3 Å². The molecule has 1 N–H and O–H groups in total. The number of amides is 2. The maximum absolute atomic E-state index is 12.2. The van der Waals surface area contributed by atoms with Crippen molar-refractivity contribution in [3.63, 3.8) is 0 Å². The van der Waals surface area contributed by atoms with Gasteiger partial charge in [0.1, 0.15) is 0 Å². The minimum absolute atomic E-state index is 0.234. The van der Waals surface area contributed by atoms with E-state index in [4.69, 9.17) is 4.74 Å². The first-order chi connectivity index (χ1) is 11.1. The molecule has 0 aromatic carbocycles. The number of nitrogens with one attached hydrogen (secondary N) is 1. The van der Waals surface area contributed by atoms with Crippen molar-refractivity contribution in [2.24, 2.45) is 5.92 Å². The molecule has 1 atom stereocenters. The minimum Gasteiger partial charge on any atom is -0.466 e. The molecule has 0 bridgehead atoms. The van der Waals surface area contributed by atoms with Gasteiger partial charge in [0.05, 0.1) is 12.5 Å². The third-order valence-corrected chi connectivity index (χ3v) is 3.70. The zero-order chi connectivity index (χ0) is 16.7. The molecule has 7 nitrogen and oxygen atoms in total. The lowest BCUT2D eigenvalue weighted by Gasteiger charge is -2.30. The van der Waals surface area contributed by atoms with E-state index in [1.54, 1.807) is 25.4 Å². The first kappa shape index (κ1) is 16.9. The lowest BCUT2D eigenvalue weighted by Crippen LogP contribution is -2.48. The number of aromatic nitrogens is 1. The van der Waals surface area contributed by atoms with Gasteiger partial charge < -0.3 is 15.0 Å². The highest BCUT2D eigenvalue weighted by Crippen LogP contribution is 2.18. The number of piperidine rings is 1. The quantitative estimate of drug-likeness (QED) is 0.645. The lowest BCUT2D eigenvalue weighted by atomic mass is 9.98. The normalized spacial score (nSPS) is 17.4. The van der Waals surface area contributed by atoms with E-state index in [9.17, 15) is 14.4 Å². The van der Waals surface area contributed by atoms with Crippen molar-refractivity contribution in [2.45, 2.75) is 26.3 Å². The van der Waals surface area contributed by atoms with Crippen LogP contribution in [0.25, 0.3) is 0 Å². The molecular weight excluding hydrogens is 298 g/mol. The summed E-state index contributed by atoms with van der Waals surface area (Å²) in [6.45, 7) is 3.02. The van der Waals surface area contributed by atoms with Crippen LogP contribution in [-0.4, -0.2) is 47.4 Å². The molecule has 2 heterocycles. The molecule has 1 aromatic rings. The summed E-state index contributed by atoms with van der Waals surface area (Å²) in [5.41, 5.74) is 0.816. The molecule has 0 radical (unpaired) electrons. The van der Waals surface area contributed by atoms with Gasteiger partial charge in [-0.3, -0.25) is 19.4 Å². The van der Waals surface area contributed by atoms with E-state index in [0.717, 1.165) is 5.56 Å². The number of esters is 1. The molecule has 0 aliphatic carbocycles. The molecule has 1 unspecified atom stereocenters. The van der Waals surface area contributed by atoms with Crippen molar-refractivity contribution in [1.82, 2.24) is 15.2 Å². The number of carbonyl (C=O) groups is 3. The number of nitrogens with zero attached hydrogens (tertiary/aromatic N) is 2. The van der Waals surface area contributed by atoms with Crippen molar-refractivity contribution in [1.29, 1.82) is 0 Å². The monoisotopic (exact) mass is 319 g/mol. The van der Waals surface area contributed by atoms with Gasteiger partial charge in [-0.2, -0.15) is 0 Å². The van der Waals surface area contributed by atoms with Crippen LogP contribution in [0.2, 0.25) is 0 Å². The van der Waals surface area contributed by atoms with Crippen LogP contribution in [0.4, 0.5) is 0 Å². The van der Waals surface area contributed by atoms with Crippen LogP contribution in [0.5, 0.6) is 0 Å². The van der Waals surface area contributed by atoms with E-state index < -0.39 is 11.8 Å². The summed E-state index contributed by atoms with van der Waals surface area (Å²) in [4.78, 5) is 41.3. The Morgan fingerprint density at radius 3 is 2.96 bits per heavy atom. The third-order valence-electron chi connectivity index (χ3n) is 3.70. The number of hydrogen-bond acceptors (Lipinski definition) is 5. The van der Waals surface area contributed by atoms with Gasteiger partial charge in [0, 0.05) is 32.0 Å². The fourth-order valence-corrected chi connectivity index (χ4v) is 2.52. The van der Waals surface area contributed by atoms with Crippen molar-refractivity contribution < 1.29 is 19.1 Å². The van der Waals surface area contributed by atoms with Gasteiger partial charge in [-0.15, -0.1) is 0 Å². The summed E-state index contributed by atoms with van der Waals surface area (Å²) in [6, 6.07) is 3.58. The molecule has 1 saturated heterocycles. The van der Waals surface area contributed by atoms with Gasteiger partial charge in [-0.1, -0.05) is 6.07 Å². The molecule has 23 heavy (non-hydrogen) atoms. The molecular formula is C16H21N3O4. The second-order valence-electron chi connectivity index (χ2n) is 5.39. The second-order valence-corrected chi connectivity index (χ2v) is 5.39. The number of pyridine rings is 1. The van der Waals surface area contributed by atoms with Crippen LogP contribution >= 0.6 is 0 Å². The topological polar surface area (TPSA) is 88.6 Å². The molecule has 2 rings (SSSR count). The Morgan fingerprint density at radius 2 is 2.26 bits per heavy atom. The lowest BCUT2D eigenvalue weighted by molar-refractivity contribution is -0.154. The average molecular weight is 319 g/mol. The second kappa shape index (κ2) is 8.26. The molecule has 2 amide bonds. The molecule has 0 saturated carbocycles. The highest BCUT2D eigenvalue weighted by molar-refractivity contribution is 6.35. The van der Waals surface area contributed by atoms with Crippen molar-refractivity contribution in [2.75, 3.05) is 19.7 Å². The van der Waals surface area contributed by atoms with Gasteiger partial charge in [0.2, 0.25) is 0 Å². The van der Waals surface area contributed by atoms with E-state index in [1.165, 1.54) is 4.90 Å². The maximum atomic E-state index is 12.2. The van der Waals surface area contributed by atoms with Gasteiger partial charge in [-0.25, -0.2) is 0 Å². The average Bonchev–Trinajstić information content (AvgIpc) is 2.60. The van der Waals surface area contributed by atoms with E-state index in [2.05, 4.69) is 10.3 Å². The summed E-state index contributed by atoms with van der Waals surface area (Å²) in [5.74, 6) is -1.93. The van der Waals surface area contributed by atoms with Gasteiger partial charge >= 0.3 is 17.8 Å². The zero-order valence-electron chi connectivity index (χ0n) is 13.2. The van der Waals surface area contributed by atoms with Gasteiger partial charge in [0.15, 0.2) is 0 Å². The van der Waals surface area contributed by atoms with Crippen LogP contribution in [0, 0.1) is 5.92 Å². The summed E-state index contributed by atoms with van der Waals surface area (Å²) in [7, 11) is 0. The highest BCUT2D eigenvalue weighted by Gasteiger charge is 2.31. The fraction of sp³-hybridized carbons (Fsp3) is 0.500. The first-order valence-corrected chi connectivity index (χ1v) is 7.74. The summed E-state index contributed by atoms with van der Waals surface area (Å²) in [6.07, 6.45) is 4.63. The Labute approximate surface area is 135 Å². The van der Waals surface area contributed by atoms with Crippen LogP contribution < -0.4 is 5.32 Å². The Balaban J connectivity index is 1.86. The predicted octanol–water partition coefficient (Wildman–Crippen LogP) is 0.499. The molecule has 7 heteroatoms. The standard InChI is InChI=1S/C16H21N3O4/c1-2-23-16(22)13-6-4-8-19(11-13)15(21)14(20)18-10-12-5-3-7-17-9-12/h3,5,7,9,13H,2,4,6,8,10-11H2,1H3,(H,18,20). The number of hydrogen-bond donors (Lipinski definition) is 1. The number of likely N-dealkylation sites (tertiary alicyclic amines) is 1. The molecule has 124 valence electrons. The molecule has 1 aliphatic rings. The SMILES string of the molecule is CCOC(=O)C1CCCN(C(=O)C(=O)NCc2cccnc2)C1. The number of ether oxygens (including phenoxy) is 1. The van der Waals surface area contributed by atoms with Crippen molar-refractivity contribution >= 4 is 17.8 Å². The van der Waals surface area contributed by atoms with Crippen LogP contribution in [0.3, 0.4) is 0 Å². The molecule has 0 spiro atoms. The largest absolute Gasteiger partial charge is 0.466 e. The van der Waals surface area contributed by atoms with E-state index in [-0.39, 0.29) is 25.0 Å². The molecule has 1 fully saturated rings. The summed E-state index contributed by atoms with van der Waals surface area (Å²) < 4.78 is 4.99.